The van der Waals surface area contributed by atoms with Gasteiger partial charge in [-0.15, -0.1) is 0 Å². The Labute approximate surface area is 185 Å². The van der Waals surface area contributed by atoms with Crippen molar-refractivity contribution in [1.29, 1.82) is 5.26 Å². The molecule has 0 saturated heterocycles. The van der Waals surface area contributed by atoms with Gasteiger partial charge in [-0.3, -0.25) is 9.78 Å². The van der Waals surface area contributed by atoms with Crippen LogP contribution in [0.1, 0.15) is 31.4 Å². The molecule has 0 spiro atoms. The van der Waals surface area contributed by atoms with Gasteiger partial charge in [0.15, 0.2) is 5.78 Å². The number of pyridine rings is 1. The zero-order valence-corrected chi connectivity index (χ0v) is 18.0. The molecule has 31 heavy (non-hydrogen) atoms. The molecule has 3 rings (SSSR count). The van der Waals surface area contributed by atoms with Crippen molar-refractivity contribution in [2.24, 2.45) is 0 Å². The summed E-state index contributed by atoms with van der Waals surface area (Å²) in [7, 11) is 0. The maximum atomic E-state index is 13.5. The van der Waals surface area contributed by atoms with Crippen LogP contribution in [-0.4, -0.2) is 17.4 Å². The molecule has 0 fully saturated rings. The SMILES string of the molecule is CC/C=C/C(=O)Cc1cc2c(Nc3ccc(F)c(Cl)c3)c(C#N)cnc2cc1OCC. The third-order valence-electron chi connectivity index (χ3n) is 4.56. The molecule has 0 radical (unpaired) electrons. The topological polar surface area (TPSA) is 75.0 Å². The summed E-state index contributed by atoms with van der Waals surface area (Å²) in [5.41, 5.74) is 2.61. The second kappa shape index (κ2) is 10.1. The lowest BCUT2D eigenvalue weighted by molar-refractivity contribution is -0.114. The first-order valence-corrected chi connectivity index (χ1v) is 10.2. The molecule has 3 aromatic rings. The molecular formula is C24H21ClFN3O2. The van der Waals surface area contributed by atoms with Crippen LogP contribution in [0.15, 0.2) is 48.7 Å². The van der Waals surface area contributed by atoms with Gasteiger partial charge < -0.3 is 10.1 Å². The fourth-order valence-electron chi connectivity index (χ4n) is 3.13. The monoisotopic (exact) mass is 437 g/mol. The predicted octanol–water partition coefficient (Wildman–Crippen LogP) is 6.12. The first-order valence-electron chi connectivity index (χ1n) is 9.86. The van der Waals surface area contributed by atoms with Crippen molar-refractivity contribution < 1.29 is 13.9 Å². The number of hydrogen-bond donors (Lipinski definition) is 1. The average molecular weight is 438 g/mol. The highest BCUT2D eigenvalue weighted by Crippen LogP contribution is 2.34. The van der Waals surface area contributed by atoms with Crippen LogP contribution in [0.4, 0.5) is 15.8 Å². The van der Waals surface area contributed by atoms with Gasteiger partial charge in [-0.05, 0) is 43.7 Å². The highest BCUT2D eigenvalue weighted by atomic mass is 35.5. The number of allylic oxidation sites excluding steroid dienone is 2. The number of nitrogens with zero attached hydrogens (tertiary/aromatic N) is 2. The van der Waals surface area contributed by atoms with Gasteiger partial charge in [-0.25, -0.2) is 4.39 Å². The zero-order chi connectivity index (χ0) is 22.4. The molecule has 158 valence electrons. The summed E-state index contributed by atoms with van der Waals surface area (Å²) in [5, 5.41) is 13.4. The average Bonchev–Trinajstić information content (AvgIpc) is 2.76. The van der Waals surface area contributed by atoms with Crippen LogP contribution in [0.3, 0.4) is 0 Å². The second-order valence-electron chi connectivity index (χ2n) is 6.78. The van der Waals surface area contributed by atoms with Crippen molar-refractivity contribution in [2.45, 2.75) is 26.7 Å². The van der Waals surface area contributed by atoms with Crippen LogP contribution < -0.4 is 10.1 Å². The maximum Gasteiger partial charge on any atom is 0.159 e. The van der Waals surface area contributed by atoms with Gasteiger partial charge in [-0.1, -0.05) is 24.6 Å². The van der Waals surface area contributed by atoms with E-state index in [1.807, 2.05) is 19.9 Å². The summed E-state index contributed by atoms with van der Waals surface area (Å²) in [6.45, 7) is 4.26. The highest BCUT2D eigenvalue weighted by molar-refractivity contribution is 6.31. The summed E-state index contributed by atoms with van der Waals surface area (Å²) in [5.74, 6) is -0.0118. The molecule has 0 aliphatic heterocycles. The smallest absolute Gasteiger partial charge is 0.159 e. The molecule has 7 heteroatoms. The third kappa shape index (κ3) is 5.19. The first-order chi connectivity index (χ1) is 15.0. The Morgan fingerprint density at radius 1 is 1.32 bits per heavy atom. The molecule has 0 aliphatic carbocycles. The number of fused-ring (bicyclic) bond motifs is 1. The summed E-state index contributed by atoms with van der Waals surface area (Å²) in [6, 6.07) is 9.91. The van der Waals surface area contributed by atoms with Crippen molar-refractivity contribution >= 4 is 39.7 Å². The molecule has 5 nitrogen and oxygen atoms in total. The summed E-state index contributed by atoms with van der Waals surface area (Å²) in [4.78, 5) is 16.7. The number of rotatable bonds is 8. The summed E-state index contributed by atoms with van der Waals surface area (Å²) < 4.78 is 19.3. The molecule has 2 aromatic carbocycles. The van der Waals surface area contributed by atoms with E-state index in [1.165, 1.54) is 24.4 Å². The van der Waals surface area contributed by atoms with Gasteiger partial charge >= 0.3 is 0 Å². The lowest BCUT2D eigenvalue weighted by Crippen LogP contribution is -2.04. The molecular weight excluding hydrogens is 417 g/mol. The van der Waals surface area contributed by atoms with Crippen molar-refractivity contribution in [3.8, 4) is 11.8 Å². The molecule has 1 N–H and O–H groups in total. The number of nitriles is 1. The Bertz CT molecular complexity index is 1200. The fraction of sp³-hybridized carbons (Fsp3) is 0.208. The number of halogens is 2. The van der Waals surface area contributed by atoms with Gasteiger partial charge in [0.05, 0.1) is 28.4 Å². The van der Waals surface area contributed by atoms with Crippen LogP contribution >= 0.6 is 11.6 Å². The standard InChI is InChI=1S/C24H21ClFN3O2/c1-3-5-6-18(30)9-15-10-19-22(12-23(15)31-4-2)28-14-16(13-27)24(19)29-17-7-8-21(26)20(25)11-17/h5-8,10-12,14H,3-4,9H2,1-2H3,(H,28,29)/b6-5+. The van der Waals surface area contributed by atoms with E-state index in [9.17, 15) is 14.4 Å². The van der Waals surface area contributed by atoms with Crippen molar-refractivity contribution in [2.75, 3.05) is 11.9 Å². The van der Waals surface area contributed by atoms with Gasteiger partial charge in [0.25, 0.3) is 0 Å². The van der Waals surface area contributed by atoms with Crippen LogP contribution in [-0.2, 0) is 11.2 Å². The normalized spacial score (nSPS) is 10.9. The van der Waals surface area contributed by atoms with Gasteiger partial charge in [0.1, 0.15) is 17.6 Å². The number of ketones is 1. The van der Waals surface area contributed by atoms with Gasteiger partial charge in [0, 0.05) is 35.3 Å². The Morgan fingerprint density at radius 3 is 2.81 bits per heavy atom. The highest BCUT2D eigenvalue weighted by Gasteiger charge is 2.16. The first kappa shape index (κ1) is 22.3. The van der Waals surface area contributed by atoms with Crippen molar-refractivity contribution in [3.05, 3.63) is 70.6 Å². The minimum atomic E-state index is -0.533. The number of carbonyl (C=O) groups excluding carboxylic acids is 1. The number of anilines is 2. The van der Waals surface area contributed by atoms with E-state index < -0.39 is 5.82 Å². The maximum absolute atomic E-state index is 13.5. The van der Waals surface area contributed by atoms with Crippen molar-refractivity contribution in [1.82, 2.24) is 4.98 Å². The Balaban J connectivity index is 2.14. The third-order valence-corrected chi connectivity index (χ3v) is 4.85. The summed E-state index contributed by atoms with van der Waals surface area (Å²) >= 11 is 5.90. The minimum absolute atomic E-state index is 0.0329. The lowest BCUT2D eigenvalue weighted by Gasteiger charge is -2.15. The van der Waals surface area contributed by atoms with Crippen LogP contribution in [0.25, 0.3) is 10.9 Å². The molecule has 0 bridgehead atoms. The quantitative estimate of drug-likeness (QED) is 0.430. The van der Waals surface area contributed by atoms with E-state index in [2.05, 4.69) is 16.4 Å². The second-order valence-corrected chi connectivity index (χ2v) is 7.18. The zero-order valence-electron chi connectivity index (χ0n) is 17.2. The van der Waals surface area contributed by atoms with E-state index in [1.54, 1.807) is 18.2 Å². The molecule has 0 amide bonds. The molecule has 1 aromatic heterocycles. The van der Waals surface area contributed by atoms with Gasteiger partial charge in [-0.2, -0.15) is 5.26 Å². The fourth-order valence-corrected chi connectivity index (χ4v) is 3.31. The minimum Gasteiger partial charge on any atom is -0.494 e. The number of ether oxygens (including phenoxy) is 1. The number of aromatic nitrogens is 1. The van der Waals surface area contributed by atoms with E-state index in [0.717, 1.165) is 6.42 Å². The molecule has 1 heterocycles. The molecule has 0 aliphatic rings. The Morgan fingerprint density at radius 2 is 2.13 bits per heavy atom. The number of benzene rings is 2. The molecule has 0 atom stereocenters. The summed E-state index contributed by atoms with van der Waals surface area (Å²) in [6.07, 6.45) is 5.75. The van der Waals surface area contributed by atoms with Crippen LogP contribution in [0.5, 0.6) is 5.75 Å². The van der Waals surface area contributed by atoms with E-state index in [4.69, 9.17) is 16.3 Å². The van der Waals surface area contributed by atoms with Crippen molar-refractivity contribution in [3.63, 3.8) is 0 Å². The largest absolute Gasteiger partial charge is 0.494 e. The number of nitrogens with one attached hydrogen (secondary N) is 1. The van der Waals surface area contributed by atoms with E-state index in [0.29, 0.717) is 45.8 Å². The predicted molar refractivity (Wildman–Crippen MR) is 120 cm³/mol. The van der Waals surface area contributed by atoms with E-state index in [-0.39, 0.29) is 17.2 Å². The van der Waals surface area contributed by atoms with Gasteiger partial charge in [0.2, 0.25) is 0 Å². The molecule has 0 saturated carbocycles. The molecule has 0 unspecified atom stereocenters. The van der Waals surface area contributed by atoms with Crippen LogP contribution in [0, 0.1) is 17.1 Å². The lowest BCUT2D eigenvalue weighted by atomic mass is 10.0. The number of carbonyl (C=O) groups is 1. The van der Waals surface area contributed by atoms with E-state index >= 15 is 0 Å². The Kier molecular flexibility index (Phi) is 7.22. The number of hydrogen-bond acceptors (Lipinski definition) is 5. The Hall–Kier alpha value is -3.43. The van der Waals surface area contributed by atoms with Crippen LogP contribution in [0.2, 0.25) is 5.02 Å².